The Kier molecular flexibility index (Phi) is 16.7. The zero-order chi connectivity index (χ0) is 34.1. The van der Waals surface area contributed by atoms with Gasteiger partial charge in [0.2, 0.25) is 0 Å². The largest absolute Gasteiger partial charge is 0.467 e. The first-order chi connectivity index (χ1) is 21.9. The Labute approximate surface area is 281 Å². The molecule has 3 atom stereocenters. The molecular weight excluding hydrogens is 627 g/mol. The molecule has 1 saturated heterocycles. The van der Waals surface area contributed by atoms with E-state index in [4.69, 9.17) is 9.47 Å². The van der Waals surface area contributed by atoms with Crippen LogP contribution in [-0.2, 0) is 23.8 Å². The first-order valence-electron chi connectivity index (χ1n) is 15.0. The van der Waals surface area contributed by atoms with Gasteiger partial charge in [0.1, 0.15) is 18.2 Å². The number of carbonyl (C=O) groups excluding carboxylic acids is 4. The van der Waals surface area contributed by atoms with Crippen LogP contribution in [0.3, 0.4) is 0 Å². The molecule has 0 radical (unpaired) electrons. The van der Waals surface area contributed by atoms with Crippen LogP contribution in [0.4, 0.5) is 10.5 Å². The summed E-state index contributed by atoms with van der Waals surface area (Å²) in [5.74, 6) is -0.0638. The van der Waals surface area contributed by atoms with E-state index in [1.165, 1.54) is 24.9 Å². The second kappa shape index (κ2) is 19.9. The molecule has 0 bridgehead atoms. The van der Waals surface area contributed by atoms with E-state index in [1.54, 1.807) is 11.8 Å². The van der Waals surface area contributed by atoms with E-state index in [0.29, 0.717) is 31.6 Å². The average Bonchev–Trinajstić information content (AvgIpc) is 3.37. The number of hydrogen-bond acceptors (Lipinski definition) is 11. The molecule has 10 nitrogen and oxygen atoms in total. The summed E-state index contributed by atoms with van der Waals surface area (Å²) in [6.07, 6.45) is 4.79. The predicted octanol–water partition coefficient (Wildman–Crippen LogP) is 5.88. The lowest BCUT2D eigenvalue weighted by Gasteiger charge is -2.21. The molecule has 0 aromatic heterocycles. The van der Waals surface area contributed by atoms with Crippen LogP contribution in [-0.4, -0.2) is 97.3 Å². The number of methoxy groups -OCH3 is 1. The van der Waals surface area contributed by atoms with Crippen molar-refractivity contribution in [3.63, 3.8) is 0 Å². The number of nitrogens with one attached hydrogen (secondary N) is 2. The van der Waals surface area contributed by atoms with Gasteiger partial charge in [0.15, 0.2) is 0 Å². The fourth-order valence-electron chi connectivity index (χ4n) is 4.63. The van der Waals surface area contributed by atoms with Gasteiger partial charge in [0, 0.05) is 35.6 Å². The SMILES string of the molecule is C=CCOC=O.COC(=O)C(CCSC)NC(=O)c1cc(NC[C@@H]2C[C@H](SC(=O)OC(C)(C)C)CN2C)cc(-c2ccccc2)c1. The maximum atomic E-state index is 13.3. The lowest BCUT2D eigenvalue weighted by molar-refractivity contribution is -0.142. The molecule has 0 spiro atoms. The van der Waals surface area contributed by atoms with Crippen molar-refractivity contribution in [2.45, 2.75) is 56.5 Å². The number of rotatable bonds is 14. The summed E-state index contributed by atoms with van der Waals surface area (Å²) in [5, 5.41) is 6.28. The van der Waals surface area contributed by atoms with Gasteiger partial charge >= 0.3 is 11.3 Å². The zero-order valence-corrected chi connectivity index (χ0v) is 29.2. The summed E-state index contributed by atoms with van der Waals surface area (Å²) in [7, 11) is 3.39. The molecule has 0 aliphatic carbocycles. The second-order valence-electron chi connectivity index (χ2n) is 11.6. The maximum Gasteiger partial charge on any atom is 0.368 e. The molecular formula is C34H47N3O7S2. The molecule has 46 heavy (non-hydrogen) atoms. The van der Waals surface area contributed by atoms with Crippen molar-refractivity contribution in [2.24, 2.45) is 0 Å². The first-order valence-corrected chi connectivity index (χ1v) is 17.3. The fraction of sp³-hybridized carbons (Fsp3) is 0.471. The number of likely N-dealkylation sites (tertiary alicyclic amines) is 1. The van der Waals surface area contributed by atoms with Crippen LogP contribution >= 0.6 is 23.5 Å². The smallest absolute Gasteiger partial charge is 0.368 e. The number of esters is 1. The topological polar surface area (TPSA) is 123 Å². The number of benzene rings is 2. The fourth-order valence-corrected chi connectivity index (χ4v) is 6.30. The number of hydrogen-bond donors (Lipinski definition) is 2. The molecule has 1 amide bonds. The second-order valence-corrected chi connectivity index (χ2v) is 13.8. The zero-order valence-electron chi connectivity index (χ0n) is 27.6. The van der Waals surface area contributed by atoms with E-state index < -0.39 is 17.6 Å². The van der Waals surface area contributed by atoms with Gasteiger partial charge in [-0.2, -0.15) is 11.8 Å². The summed E-state index contributed by atoms with van der Waals surface area (Å²) < 4.78 is 14.6. The van der Waals surface area contributed by atoms with Crippen LogP contribution in [0.25, 0.3) is 11.1 Å². The molecule has 2 aromatic rings. The van der Waals surface area contributed by atoms with E-state index in [0.717, 1.165) is 35.5 Å². The van der Waals surface area contributed by atoms with Crippen LogP contribution in [0, 0.1) is 0 Å². The molecule has 1 fully saturated rings. The van der Waals surface area contributed by atoms with Gasteiger partial charge in [0.25, 0.3) is 12.4 Å². The number of thioether (sulfide) groups is 2. The highest BCUT2D eigenvalue weighted by Gasteiger charge is 2.32. The molecule has 252 valence electrons. The predicted molar refractivity (Wildman–Crippen MR) is 187 cm³/mol. The van der Waals surface area contributed by atoms with E-state index in [-0.39, 0.29) is 22.5 Å². The van der Waals surface area contributed by atoms with Gasteiger partial charge in [0.05, 0.1) is 7.11 Å². The summed E-state index contributed by atoms with van der Waals surface area (Å²) in [6, 6.07) is 15.1. The highest BCUT2D eigenvalue weighted by atomic mass is 32.2. The van der Waals surface area contributed by atoms with Gasteiger partial charge in [-0.25, -0.2) is 9.59 Å². The number of anilines is 1. The first kappa shape index (κ1) is 38.7. The molecule has 1 aliphatic heterocycles. The summed E-state index contributed by atoms with van der Waals surface area (Å²) >= 11 is 2.87. The van der Waals surface area contributed by atoms with Crippen molar-refractivity contribution >= 4 is 52.9 Å². The van der Waals surface area contributed by atoms with Crippen LogP contribution in [0.15, 0.2) is 61.2 Å². The Morgan fingerprint density at radius 2 is 1.85 bits per heavy atom. The summed E-state index contributed by atoms with van der Waals surface area (Å²) in [5.41, 5.74) is 2.64. The molecule has 2 N–H and O–H groups in total. The third kappa shape index (κ3) is 13.9. The third-order valence-electron chi connectivity index (χ3n) is 6.83. The standard InChI is InChI=1S/C30H41N3O5S2.C4H6O2/c1-30(2,3)38-29(36)40-25-17-24(33(4)19-25)18-31-23-15-21(20-10-8-7-9-11-20)14-22(16-23)27(34)32-26(12-13-39-6)28(35)37-5;1-2-3-6-4-5/h7-11,14-16,24-26,31H,12-13,17-19H2,1-6H3,(H,32,34);2,4H,1,3H2/t24-,25-,26?;/m0./s1. The molecule has 2 aromatic carbocycles. The summed E-state index contributed by atoms with van der Waals surface area (Å²) in [4.78, 5) is 49.5. The number of carbonyl (C=O) groups is 4. The third-order valence-corrected chi connectivity index (χ3v) is 8.42. The Balaban J connectivity index is 0.00000112. The number of likely N-dealkylation sites (N-methyl/N-ethyl adjacent to an activating group) is 1. The minimum absolute atomic E-state index is 0.153. The van der Waals surface area contributed by atoms with Crippen molar-refractivity contribution in [1.29, 1.82) is 0 Å². The summed E-state index contributed by atoms with van der Waals surface area (Å²) in [6.45, 7) is 11.1. The van der Waals surface area contributed by atoms with Crippen LogP contribution in [0.5, 0.6) is 0 Å². The average molecular weight is 674 g/mol. The van der Waals surface area contributed by atoms with Gasteiger partial charge < -0.3 is 29.7 Å². The monoisotopic (exact) mass is 673 g/mol. The van der Waals surface area contributed by atoms with Gasteiger partial charge in [-0.05, 0) is 93.8 Å². The molecule has 1 unspecified atom stereocenters. The van der Waals surface area contributed by atoms with E-state index in [2.05, 4.69) is 33.9 Å². The van der Waals surface area contributed by atoms with Gasteiger partial charge in [-0.15, -0.1) is 0 Å². The van der Waals surface area contributed by atoms with Crippen LogP contribution in [0.1, 0.15) is 44.0 Å². The van der Waals surface area contributed by atoms with E-state index >= 15 is 0 Å². The molecule has 12 heteroatoms. The normalized spacial score (nSPS) is 16.7. The Hall–Kier alpha value is -3.48. The number of nitrogens with zero attached hydrogens (tertiary/aromatic N) is 1. The van der Waals surface area contributed by atoms with Gasteiger partial charge in [-0.1, -0.05) is 43.0 Å². The van der Waals surface area contributed by atoms with Crippen LogP contribution < -0.4 is 10.6 Å². The molecule has 0 saturated carbocycles. The Morgan fingerprint density at radius 3 is 2.43 bits per heavy atom. The van der Waals surface area contributed by atoms with Crippen molar-refractivity contribution in [3.8, 4) is 11.1 Å². The van der Waals surface area contributed by atoms with E-state index in [9.17, 15) is 19.2 Å². The lowest BCUT2D eigenvalue weighted by Crippen LogP contribution is -2.42. The molecule has 3 rings (SSSR count). The number of amides is 1. The maximum absolute atomic E-state index is 13.3. The molecule has 1 heterocycles. The molecule has 1 aliphatic rings. The highest BCUT2D eigenvalue weighted by molar-refractivity contribution is 8.13. The Bertz CT molecular complexity index is 1280. The quantitative estimate of drug-likeness (QED) is 0.0822. The highest BCUT2D eigenvalue weighted by Crippen LogP contribution is 2.30. The lowest BCUT2D eigenvalue weighted by atomic mass is 10.0. The van der Waals surface area contributed by atoms with E-state index in [1.807, 2.05) is 75.6 Å². The Morgan fingerprint density at radius 1 is 1.13 bits per heavy atom. The van der Waals surface area contributed by atoms with Crippen LogP contribution in [0.2, 0.25) is 0 Å². The van der Waals surface area contributed by atoms with Crippen molar-refractivity contribution < 1.29 is 33.4 Å². The minimum Gasteiger partial charge on any atom is -0.467 e. The number of ether oxygens (including phenoxy) is 3. The van der Waals surface area contributed by atoms with Gasteiger partial charge in [-0.3, -0.25) is 9.59 Å². The van der Waals surface area contributed by atoms with Crippen molar-refractivity contribution in [3.05, 3.63) is 66.7 Å². The van der Waals surface area contributed by atoms with Crippen molar-refractivity contribution in [2.75, 3.05) is 51.2 Å². The minimum atomic E-state index is -0.715. The van der Waals surface area contributed by atoms with Crippen molar-refractivity contribution in [1.82, 2.24) is 10.2 Å².